The Morgan fingerprint density at radius 3 is 2.63 bits per heavy atom. The molecular weight excluding hydrogens is 334 g/mol. The lowest BCUT2D eigenvalue weighted by Gasteiger charge is -2.35. The van der Waals surface area contributed by atoms with Crippen molar-refractivity contribution in [2.24, 2.45) is 5.92 Å². The van der Waals surface area contributed by atoms with Gasteiger partial charge < -0.3 is 5.11 Å². The van der Waals surface area contributed by atoms with Crippen molar-refractivity contribution in [3.05, 3.63) is 58.7 Å². The highest BCUT2D eigenvalue weighted by molar-refractivity contribution is 5.71. The number of likely N-dealkylation sites (tertiary alicyclic amines) is 1. The van der Waals surface area contributed by atoms with Crippen LogP contribution in [-0.2, 0) is 24.1 Å². The van der Waals surface area contributed by atoms with Crippen molar-refractivity contribution in [1.82, 2.24) is 4.90 Å². The van der Waals surface area contributed by atoms with Crippen LogP contribution in [-0.4, -0.2) is 29.1 Å². The molecule has 0 bridgehead atoms. The third-order valence-corrected chi connectivity index (χ3v) is 6.97. The number of carboxylic acid groups (broad SMARTS) is 1. The van der Waals surface area contributed by atoms with E-state index in [4.69, 9.17) is 0 Å². The van der Waals surface area contributed by atoms with E-state index in [-0.39, 0.29) is 5.92 Å². The van der Waals surface area contributed by atoms with E-state index in [9.17, 15) is 9.90 Å². The minimum atomic E-state index is -0.624. The first-order valence-corrected chi connectivity index (χ1v) is 10.4. The molecule has 1 N–H and O–H groups in total. The minimum Gasteiger partial charge on any atom is -0.481 e. The molecule has 3 aliphatic rings. The van der Waals surface area contributed by atoms with Crippen LogP contribution in [0, 0.1) is 5.92 Å². The van der Waals surface area contributed by atoms with E-state index in [0.29, 0.717) is 6.04 Å². The molecule has 3 nitrogen and oxygen atoms in total. The number of aryl methyl sites for hydroxylation is 2. The van der Waals surface area contributed by atoms with Crippen LogP contribution in [0.5, 0.6) is 0 Å². The Morgan fingerprint density at radius 2 is 1.81 bits per heavy atom. The summed E-state index contributed by atoms with van der Waals surface area (Å²) in [7, 11) is 0. The summed E-state index contributed by atoms with van der Waals surface area (Å²) in [6.45, 7) is 1.82. The molecule has 1 aliphatic heterocycles. The first-order valence-electron chi connectivity index (χ1n) is 10.4. The van der Waals surface area contributed by atoms with Crippen LogP contribution in [0.2, 0.25) is 0 Å². The third kappa shape index (κ3) is 2.98. The second-order valence-electron chi connectivity index (χ2n) is 8.41. The molecule has 27 heavy (non-hydrogen) atoms. The molecule has 2 aromatic rings. The molecule has 5 rings (SSSR count). The van der Waals surface area contributed by atoms with Crippen molar-refractivity contribution < 1.29 is 9.90 Å². The molecule has 1 unspecified atom stereocenters. The number of fused-ring (bicyclic) bond motifs is 2. The lowest BCUT2D eigenvalue weighted by Crippen LogP contribution is -2.38. The molecule has 1 saturated heterocycles. The Labute approximate surface area is 161 Å². The monoisotopic (exact) mass is 361 g/mol. The number of carbonyl (C=O) groups is 1. The van der Waals surface area contributed by atoms with Gasteiger partial charge in [-0.05, 0) is 91.4 Å². The average Bonchev–Trinajstić information content (AvgIpc) is 3.34. The standard InChI is InChI=1S/C24H27NO2/c26-24(27)17-11-13-25(14-12-17)23-10-8-19-15-18(7-9-22(19)23)21-6-2-4-16-3-1-5-20(16)21/h2,4,6-7,9,15,17,23H,1,3,5,8,10-14H2,(H,26,27). The molecule has 2 aromatic carbocycles. The van der Waals surface area contributed by atoms with Gasteiger partial charge >= 0.3 is 5.97 Å². The molecule has 2 aliphatic carbocycles. The van der Waals surface area contributed by atoms with Gasteiger partial charge in [0.1, 0.15) is 0 Å². The third-order valence-electron chi connectivity index (χ3n) is 6.97. The van der Waals surface area contributed by atoms with E-state index in [1.165, 1.54) is 53.5 Å². The van der Waals surface area contributed by atoms with Crippen LogP contribution in [0.25, 0.3) is 11.1 Å². The van der Waals surface area contributed by atoms with Gasteiger partial charge in [-0.1, -0.05) is 36.4 Å². The molecule has 0 spiro atoms. The molecule has 0 aromatic heterocycles. The van der Waals surface area contributed by atoms with Crippen LogP contribution in [0.15, 0.2) is 36.4 Å². The number of benzene rings is 2. The number of carboxylic acids is 1. The van der Waals surface area contributed by atoms with Crippen molar-refractivity contribution in [2.45, 2.75) is 51.0 Å². The van der Waals surface area contributed by atoms with E-state index in [1.807, 2.05) is 0 Å². The number of rotatable bonds is 3. The highest BCUT2D eigenvalue weighted by atomic mass is 16.4. The van der Waals surface area contributed by atoms with Gasteiger partial charge in [0.05, 0.1) is 5.92 Å². The van der Waals surface area contributed by atoms with Gasteiger partial charge in [0.2, 0.25) is 0 Å². The van der Waals surface area contributed by atoms with Crippen molar-refractivity contribution in [3.8, 4) is 11.1 Å². The van der Waals surface area contributed by atoms with Gasteiger partial charge in [-0.2, -0.15) is 0 Å². The van der Waals surface area contributed by atoms with E-state index in [0.717, 1.165) is 32.4 Å². The van der Waals surface area contributed by atoms with Gasteiger partial charge in [-0.3, -0.25) is 9.69 Å². The summed E-state index contributed by atoms with van der Waals surface area (Å²) in [5.41, 5.74) is 8.86. The first-order chi connectivity index (χ1) is 13.2. The Hall–Kier alpha value is -2.13. The van der Waals surface area contributed by atoms with Crippen LogP contribution >= 0.6 is 0 Å². The largest absolute Gasteiger partial charge is 0.481 e. The van der Waals surface area contributed by atoms with Crippen molar-refractivity contribution in [2.75, 3.05) is 13.1 Å². The summed E-state index contributed by atoms with van der Waals surface area (Å²) in [5, 5.41) is 9.23. The summed E-state index contributed by atoms with van der Waals surface area (Å²) in [5.74, 6) is -0.772. The molecule has 3 heteroatoms. The minimum absolute atomic E-state index is 0.148. The second-order valence-corrected chi connectivity index (χ2v) is 8.41. The maximum Gasteiger partial charge on any atom is 0.306 e. The van der Waals surface area contributed by atoms with E-state index in [2.05, 4.69) is 41.3 Å². The molecule has 1 fully saturated rings. The van der Waals surface area contributed by atoms with Gasteiger partial charge in [-0.15, -0.1) is 0 Å². The molecule has 0 saturated carbocycles. The van der Waals surface area contributed by atoms with Gasteiger partial charge in [0.25, 0.3) is 0 Å². The Morgan fingerprint density at radius 1 is 0.963 bits per heavy atom. The van der Waals surface area contributed by atoms with Crippen molar-refractivity contribution >= 4 is 5.97 Å². The molecule has 1 heterocycles. The summed E-state index contributed by atoms with van der Waals surface area (Å²) >= 11 is 0. The topological polar surface area (TPSA) is 40.5 Å². The number of aliphatic carboxylic acids is 1. The number of nitrogens with zero attached hydrogens (tertiary/aromatic N) is 1. The lowest BCUT2D eigenvalue weighted by atomic mass is 9.93. The maximum absolute atomic E-state index is 11.2. The maximum atomic E-state index is 11.2. The summed E-state index contributed by atoms with van der Waals surface area (Å²) in [4.78, 5) is 13.7. The van der Waals surface area contributed by atoms with Gasteiger partial charge in [0, 0.05) is 6.04 Å². The SMILES string of the molecule is O=C(O)C1CCN(C2CCc3cc(-c4cccc5c4CCC5)ccc32)CC1. The summed E-state index contributed by atoms with van der Waals surface area (Å²) in [6.07, 6.45) is 7.60. The molecule has 0 amide bonds. The Kier molecular flexibility index (Phi) is 4.28. The molecule has 1 atom stereocenters. The predicted molar refractivity (Wildman–Crippen MR) is 107 cm³/mol. The fourth-order valence-electron chi connectivity index (χ4n) is 5.49. The zero-order valence-corrected chi connectivity index (χ0v) is 15.8. The molecular formula is C24H27NO2. The fourth-order valence-corrected chi connectivity index (χ4v) is 5.49. The lowest BCUT2D eigenvalue weighted by molar-refractivity contribution is -0.143. The van der Waals surface area contributed by atoms with E-state index in [1.54, 1.807) is 5.56 Å². The quantitative estimate of drug-likeness (QED) is 0.867. The second kappa shape index (κ2) is 6.79. The van der Waals surface area contributed by atoms with Crippen LogP contribution < -0.4 is 0 Å². The Bertz CT molecular complexity index is 880. The smallest absolute Gasteiger partial charge is 0.306 e. The van der Waals surface area contributed by atoms with Crippen LogP contribution in [0.3, 0.4) is 0 Å². The Balaban J connectivity index is 1.39. The van der Waals surface area contributed by atoms with Crippen molar-refractivity contribution in [3.63, 3.8) is 0 Å². The number of hydrogen-bond acceptors (Lipinski definition) is 2. The highest BCUT2D eigenvalue weighted by Gasteiger charge is 2.32. The number of hydrogen-bond donors (Lipinski definition) is 1. The zero-order valence-electron chi connectivity index (χ0n) is 15.8. The summed E-state index contributed by atoms with van der Waals surface area (Å²) < 4.78 is 0. The predicted octanol–water partition coefficient (Wildman–Crippen LogP) is 4.63. The normalized spacial score (nSPS) is 22.6. The average molecular weight is 361 g/mol. The fraction of sp³-hybridized carbons (Fsp3) is 0.458. The molecule has 0 radical (unpaired) electrons. The first kappa shape index (κ1) is 17.0. The van der Waals surface area contributed by atoms with Crippen molar-refractivity contribution in [1.29, 1.82) is 0 Å². The van der Waals surface area contributed by atoms with Gasteiger partial charge in [-0.25, -0.2) is 0 Å². The van der Waals surface area contributed by atoms with Gasteiger partial charge in [0.15, 0.2) is 0 Å². The molecule has 140 valence electrons. The zero-order chi connectivity index (χ0) is 18.4. The van der Waals surface area contributed by atoms with Crippen LogP contribution in [0.1, 0.15) is 54.0 Å². The van der Waals surface area contributed by atoms with Crippen LogP contribution in [0.4, 0.5) is 0 Å². The van der Waals surface area contributed by atoms with E-state index < -0.39 is 5.97 Å². The van der Waals surface area contributed by atoms with E-state index >= 15 is 0 Å². The highest BCUT2D eigenvalue weighted by Crippen LogP contribution is 2.40. The summed E-state index contributed by atoms with van der Waals surface area (Å²) in [6, 6.07) is 14.3. The number of piperidine rings is 1.